The van der Waals surface area contributed by atoms with E-state index in [9.17, 15) is 19.8 Å². The van der Waals surface area contributed by atoms with Gasteiger partial charge in [0, 0.05) is 24.5 Å². The van der Waals surface area contributed by atoms with Crippen LogP contribution in [0.2, 0.25) is 5.02 Å². The van der Waals surface area contributed by atoms with E-state index < -0.39 is 23.5 Å². The van der Waals surface area contributed by atoms with Crippen molar-refractivity contribution in [1.82, 2.24) is 9.88 Å². The van der Waals surface area contributed by atoms with Crippen LogP contribution in [0.15, 0.2) is 72.6 Å². The normalized spacial score (nSPS) is 17.4. The fourth-order valence-electron chi connectivity index (χ4n) is 3.86. The summed E-state index contributed by atoms with van der Waals surface area (Å²) < 4.78 is 5.50. The predicted molar refractivity (Wildman–Crippen MR) is 123 cm³/mol. The van der Waals surface area contributed by atoms with Crippen LogP contribution < -0.4 is 4.74 Å². The summed E-state index contributed by atoms with van der Waals surface area (Å²) in [6, 6.07) is 13.5. The van der Waals surface area contributed by atoms with E-state index in [4.69, 9.17) is 16.3 Å². The minimum absolute atomic E-state index is 0.0293. The lowest BCUT2D eigenvalue weighted by atomic mass is 9.95. The molecular weight excluding hydrogens is 444 g/mol. The third-order valence-corrected chi connectivity index (χ3v) is 5.66. The molecule has 1 aromatic heterocycles. The zero-order valence-electron chi connectivity index (χ0n) is 17.7. The number of carbonyl (C=O) groups excluding carboxylic acids is 2. The Morgan fingerprint density at radius 1 is 1.12 bits per heavy atom. The number of halogens is 1. The van der Waals surface area contributed by atoms with Gasteiger partial charge in [0.1, 0.15) is 17.3 Å². The van der Waals surface area contributed by atoms with E-state index in [-0.39, 0.29) is 28.5 Å². The number of aliphatic hydroxyl groups excluding tert-OH is 1. The largest absolute Gasteiger partial charge is 0.508 e. The molecule has 0 spiro atoms. The number of Topliss-reactive ketones (excluding diaryl/α,β-unsaturated/α-hetero) is 1. The van der Waals surface area contributed by atoms with Gasteiger partial charge in [-0.2, -0.15) is 0 Å². The van der Waals surface area contributed by atoms with Crippen LogP contribution in [0.4, 0.5) is 0 Å². The molecule has 1 aliphatic heterocycles. The first-order valence-electron chi connectivity index (χ1n) is 10.3. The highest BCUT2D eigenvalue weighted by Gasteiger charge is 2.46. The van der Waals surface area contributed by atoms with Crippen LogP contribution in [0.5, 0.6) is 11.5 Å². The number of pyridine rings is 1. The number of aliphatic hydroxyl groups is 1. The highest BCUT2D eigenvalue weighted by Crippen LogP contribution is 2.42. The second-order valence-electron chi connectivity index (χ2n) is 7.45. The number of ether oxygens (including phenoxy) is 1. The Bertz CT molecular complexity index is 1240. The molecule has 2 heterocycles. The first kappa shape index (κ1) is 22.4. The van der Waals surface area contributed by atoms with Crippen LogP contribution in [-0.2, 0) is 16.1 Å². The molecule has 1 atom stereocenters. The van der Waals surface area contributed by atoms with Gasteiger partial charge in [-0.3, -0.25) is 14.6 Å². The first-order valence-corrected chi connectivity index (χ1v) is 10.7. The number of likely N-dealkylation sites (tertiary alicyclic amines) is 1. The average molecular weight is 465 g/mol. The molecule has 7 nitrogen and oxygen atoms in total. The lowest BCUT2D eigenvalue weighted by Crippen LogP contribution is -2.29. The molecule has 1 amide bonds. The van der Waals surface area contributed by atoms with E-state index in [1.54, 1.807) is 48.8 Å². The van der Waals surface area contributed by atoms with Crippen LogP contribution in [-0.4, -0.2) is 38.4 Å². The second kappa shape index (κ2) is 9.34. The van der Waals surface area contributed by atoms with Gasteiger partial charge in [-0.05, 0) is 60.5 Å². The molecule has 2 aromatic carbocycles. The average Bonchev–Trinajstić information content (AvgIpc) is 3.06. The lowest BCUT2D eigenvalue weighted by molar-refractivity contribution is -0.140. The van der Waals surface area contributed by atoms with Crippen LogP contribution >= 0.6 is 11.6 Å². The van der Waals surface area contributed by atoms with Gasteiger partial charge in [-0.1, -0.05) is 23.7 Å². The summed E-state index contributed by atoms with van der Waals surface area (Å²) in [6.45, 7) is 2.33. The standard InChI is InChI=1S/C25H21ClN2O5/c1-2-33-18-6-7-20(26)19(13-18)23(30)21-22(16-4-3-5-17(29)12-16)28(25(32)24(21)31)14-15-8-10-27-11-9-15/h3-13,22,29-30H,2,14H2,1H3/b23-21+. The highest BCUT2D eigenvalue weighted by atomic mass is 35.5. The Morgan fingerprint density at radius 3 is 2.58 bits per heavy atom. The summed E-state index contributed by atoms with van der Waals surface area (Å²) in [7, 11) is 0. The van der Waals surface area contributed by atoms with Gasteiger partial charge < -0.3 is 19.8 Å². The van der Waals surface area contributed by atoms with Crippen LogP contribution in [0.1, 0.15) is 29.7 Å². The number of phenols is 1. The molecule has 2 N–H and O–H groups in total. The molecule has 168 valence electrons. The Labute approximate surface area is 195 Å². The van der Waals surface area contributed by atoms with E-state index in [0.717, 1.165) is 5.56 Å². The summed E-state index contributed by atoms with van der Waals surface area (Å²) in [6.07, 6.45) is 3.18. The number of amides is 1. The van der Waals surface area contributed by atoms with Gasteiger partial charge in [-0.15, -0.1) is 0 Å². The maximum atomic E-state index is 13.2. The first-order chi connectivity index (χ1) is 15.9. The lowest BCUT2D eigenvalue weighted by Gasteiger charge is -2.25. The van der Waals surface area contributed by atoms with E-state index in [2.05, 4.69) is 4.98 Å². The maximum absolute atomic E-state index is 13.2. The van der Waals surface area contributed by atoms with Crippen molar-refractivity contribution in [2.24, 2.45) is 0 Å². The topological polar surface area (TPSA) is 100.0 Å². The minimum atomic E-state index is -0.933. The van der Waals surface area contributed by atoms with Crippen molar-refractivity contribution in [2.75, 3.05) is 6.61 Å². The van der Waals surface area contributed by atoms with Crippen LogP contribution in [0.3, 0.4) is 0 Å². The zero-order valence-corrected chi connectivity index (χ0v) is 18.5. The number of aromatic hydroxyl groups is 1. The third-order valence-electron chi connectivity index (χ3n) is 5.33. The van der Waals surface area contributed by atoms with Gasteiger partial charge in [0.15, 0.2) is 0 Å². The summed E-state index contributed by atoms with van der Waals surface area (Å²) in [5.41, 5.74) is 1.29. The number of nitrogens with zero attached hydrogens (tertiary/aromatic N) is 2. The fourth-order valence-corrected chi connectivity index (χ4v) is 4.06. The molecule has 3 aromatic rings. The summed E-state index contributed by atoms with van der Waals surface area (Å²) in [5.74, 6) is -1.58. The van der Waals surface area contributed by atoms with Gasteiger partial charge in [0.2, 0.25) is 0 Å². The van der Waals surface area contributed by atoms with Crippen molar-refractivity contribution < 1.29 is 24.5 Å². The Kier molecular flexibility index (Phi) is 6.33. The fraction of sp³-hybridized carbons (Fsp3) is 0.160. The van der Waals surface area contributed by atoms with E-state index in [1.165, 1.54) is 23.1 Å². The molecular formula is C25H21ClN2O5. The highest BCUT2D eigenvalue weighted by molar-refractivity contribution is 6.47. The molecule has 0 radical (unpaired) electrons. The monoisotopic (exact) mass is 464 g/mol. The van der Waals surface area contributed by atoms with Crippen molar-refractivity contribution in [3.8, 4) is 11.5 Å². The van der Waals surface area contributed by atoms with Crippen LogP contribution in [0.25, 0.3) is 5.76 Å². The molecule has 33 heavy (non-hydrogen) atoms. The molecule has 1 fully saturated rings. The zero-order chi connectivity index (χ0) is 23.5. The number of hydrogen-bond donors (Lipinski definition) is 2. The van der Waals surface area contributed by atoms with Crippen LogP contribution in [0, 0.1) is 0 Å². The number of rotatable bonds is 6. The number of benzene rings is 2. The Hall–Kier alpha value is -3.84. The van der Waals surface area contributed by atoms with Crippen molar-refractivity contribution in [1.29, 1.82) is 0 Å². The number of hydrogen-bond acceptors (Lipinski definition) is 6. The summed E-state index contributed by atoms with van der Waals surface area (Å²) in [4.78, 5) is 31.6. The number of ketones is 1. The minimum Gasteiger partial charge on any atom is -0.508 e. The van der Waals surface area contributed by atoms with Gasteiger partial charge >= 0.3 is 0 Å². The van der Waals surface area contributed by atoms with Gasteiger partial charge in [0.25, 0.3) is 11.7 Å². The molecule has 1 saturated heterocycles. The number of phenolic OH excluding ortho intramolecular Hbond substituents is 1. The van der Waals surface area contributed by atoms with Crippen molar-refractivity contribution in [3.05, 3.63) is 94.3 Å². The number of aromatic nitrogens is 1. The molecule has 0 saturated carbocycles. The molecule has 1 aliphatic rings. The third kappa shape index (κ3) is 4.40. The van der Waals surface area contributed by atoms with E-state index >= 15 is 0 Å². The Morgan fingerprint density at radius 2 is 1.88 bits per heavy atom. The quantitative estimate of drug-likeness (QED) is 0.317. The van der Waals surface area contributed by atoms with Crippen molar-refractivity contribution >= 4 is 29.1 Å². The van der Waals surface area contributed by atoms with Gasteiger partial charge in [-0.25, -0.2) is 0 Å². The molecule has 1 unspecified atom stereocenters. The van der Waals surface area contributed by atoms with E-state index in [0.29, 0.717) is 17.9 Å². The maximum Gasteiger partial charge on any atom is 0.295 e. The number of carbonyl (C=O) groups is 2. The molecule has 8 heteroatoms. The smallest absolute Gasteiger partial charge is 0.295 e. The van der Waals surface area contributed by atoms with Crippen molar-refractivity contribution in [2.45, 2.75) is 19.5 Å². The summed E-state index contributed by atoms with van der Waals surface area (Å²) in [5, 5.41) is 21.5. The van der Waals surface area contributed by atoms with E-state index in [1.807, 2.05) is 6.92 Å². The molecule has 4 rings (SSSR count). The Balaban J connectivity index is 1.89. The predicted octanol–water partition coefficient (Wildman–Crippen LogP) is 4.46. The van der Waals surface area contributed by atoms with Gasteiger partial charge in [0.05, 0.1) is 23.2 Å². The van der Waals surface area contributed by atoms with Crippen molar-refractivity contribution in [3.63, 3.8) is 0 Å². The second-order valence-corrected chi connectivity index (χ2v) is 7.86. The summed E-state index contributed by atoms with van der Waals surface area (Å²) >= 11 is 6.33. The molecule has 0 bridgehead atoms. The SMILES string of the molecule is CCOc1ccc(Cl)c(/C(O)=C2\C(=O)C(=O)N(Cc3ccncc3)C2c2cccc(O)c2)c1. The molecule has 0 aliphatic carbocycles.